The van der Waals surface area contributed by atoms with Gasteiger partial charge in [-0.3, -0.25) is 0 Å². The van der Waals surface area contributed by atoms with Gasteiger partial charge in [0.05, 0.1) is 17.5 Å². The smallest absolute Gasteiger partial charge is 0.407 e. The molecule has 4 aliphatic carbocycles. The Labute approximate surface area is 237 Å². The van der Waals surface area contributed by atoms with Gasteiger partial charge in [0.15, 0.2) is 0 Å². The molecule has 8 heteroatoms. The zero-order valence-corrected chi connectivity index (χ0v) is 24.3. The van der Waals surface area contributed by atoms with Gasteiger partial charge in [-0.05, 0) is 131 Å². The molecular formula is C32H48N2O6. The molecule has 1 aromatic heterocycles. The molecule has 8 nitrogen and oxygen atoms in total. The number of hydrogen-bond donors (Lipinski definition) is 3. The molecule has 0 unspecified atom stereocenters. The summed E-state index contributed by atoms with van der Waals surface area (Å²) >= 11 is 0. The molecule has 0 aromatic carbocycles. The van der Waals surface area contributed by atoms with E-state index in [2.05, 4.69) is 18.7 Å². The third kappa shape index (κ3) is 4.27. The third-order valence-corrected chi connectivity index (χ3v) is 12.9. The van der Waals surface area contributed by atoms with Crippen LogP contribution in [-0.2, 0) is 0 Å². The zero-order chi connectivity index (χ0) is 28.3. The van der Waals surface area contributed by atoms with Gasteiger partial charge in [0.25, 0.3) is 0 Å². The Bertz CT molecular complexity index is 1150. The molecule has 1 saturated heterocycles. The van der Waals surface area contributed by atoms with Crippen LogP contribution in [0.4, 0.5) is 4.79 Å². The standard InChI is InChI=1S/C32H48N2O6/c1-29-12-8-23(34(28(36)37)19-5-18-33-16-3-4-17-33)20-31(29,38)14-10-26-25(29)9-13-30(2)24(11-15-32(26,30)39)22-6-7-27(35)40-21-22/h6-7,21,23-26,38-39H,3-5,8-20H2,1-2H3,(H,36,37)/t23-,24+,25-,26+,29+,30+,31-,32-/m0/s1. The van der Waals surface area contributed by atoms with Gasteiger partial charge in [-0.2, -0.15) is 0 Å². The quantitative estimate of drug-likeness (QED) is 0.460. The minimum atomic E-state index is -0.926. The van der Waals surface area contributed by atoms with Crippen molar-refractivity contribution in [3.05, 3.63) is 34.4 Å². The summed E-state index contributed by atoms with van der Waals surface area (Å²) in [5.41, 5.74) is -1.78. The average Bonchev–Trinajstić information content (AvgIpc) is 3.53. The first-order valence-electron chi connectivity index (χ1n) is 15.8. The Balaban J connectivity index is 1.18. The Morgan fingerprint density at radius 1 is 1.00 bits per heavy atom. The Morgan fingerprint density at radius 3 is 2.42 bits per heavy atom. The first-order chi connectivity index (χ1) is 19.0. The molecule has 1 amide bonds. The molecule has 1 aliphatic heterocycles. The van der Waals surface area contributed by atoms with E-state index in [1.807, 2.05) is 6.07 Å². The lowest BCUT2D eigenvalue weighted by molar-refractivity contribution is -0.249. The van der Waals surface area contributed by atoms with Crippen LogP contribution < -0.4 is 5.63 Å². The molecule has 1 aromatic rings. The van der Waals surface area contributed by atoms with Crippen molar-refractivity contribution in [1.29, 1.82) is 0 Å². The fourth-order valence-electron chi connectivity index (χ4n) is 10.5. The molecule has 5 fully saturated rings. The lowest BCUT2D eigenvalue weighted by Gasteiger charge is -2.66. The van der Waals surface area contributed by atoms with E-state index in [-0.39, 0.29) is 40.3 Å². The maximum absolute atomic E-state index is 12.5. The van der Waals surface area contributed by atoms with Gasteiger partial charge >= 0.3 is 11.7 Å². The summed E-state index contributed by atoms with van der Waals surface area (Å²) in [5.74, 6) is 0.438. The molecule has 2 heterocycles. The number of likely N-dealkylation sites (tertiary alicyclic amines) is 1. The highest BCUT2D eigenvalue weighted by Gasteiger charge is 2.70. The average molecular weight is 557 g/mol. The van der Waals surface area contributed by atoms with E-state index < -0.39 is 17.3 Å². The lowest BCUT2D eigenvalue weighted by atomic mass is 9.41. The highest BCUT2D eigenvalue weighted by Crippen LogP contribution is 2.71. The second kappa shape index (κ2) is 10.1. The van der Waals surface area contributed by atoms with Crippen molar-refractivity contribution < 1.29 is 24.5 Å². The van der Waals surface area contributed by atoms with Crippen LogP contribution in [0.25, 0.3) is 0 Å². The van der Waals surface area contributed by atoms with E-state index in [1.54, 1.807) is 11.2 Å². The van der Waals surface area contributed by atoms with Crippen LogP contribution in [0.2, 0.25) is 0 Å². The zero-order valence-electron chi connectivity index (χ0n) is 24.3. The van der Waals surface area contributed by atoms with Crippen molar-refractivity contribution in [2.45, 2.75) is 114 Å². The largest absolute Gasteiger partial charge is 0.465 e. The number of carbonyl (C=O) groups is 1. The summed E-state index contributed by atoms with van der Waals surface area (Å²) in [4.78, 5) is 28.0. The first kappa shape index (κ1) is 28.2. The topological polar surface area (TPSA) is 114 Å². The fourth-order valence-corrected chi connectivity index (χ4v) is 10.5. The Kier molecular flexibility index (Phi) is 7.15. The number of nitrogens with zero attached hydrogens (tertiary/aromatic N) is 2. The second-order valence-electron chi connectivity index (χ2n) is 14.3. The van der Waals surface area contributed by atoms with Crippen LogP contribution in [0.15, 0.2) is 27.6 Å². The van der Waals surface area contributed by atoms with E-state index in [0.29, 0.717) is 19.4 Å². The highest BCUT2D eigenvalue weighted by molar-refractivity contribution is 5.65. The Hall–Kier alpha value is -1.90. The van der Waals surface area contributed by atoms with Crippen LogP contribution in [0, 0.1) is 22.7 Å². The number of rotatable bonds is 6. The third-order valence-electron chi connectivity index (χ3n) is 12.9. The number of hydrogen-bond acceptors (Lipinski definition) is 6. The number of amides is 1. The number of aliphatic hydroxyl groups is 2. The van der Waals surface area contributed by atoms with Crippen molar-refractivity contribution in [2.24, 2.45) is 22.7 Å². The summed E-state index contributed by atoms with van der Waals surface area (Å²) in [6.45, 7) is 8.14. The van der Waals surface area contributed by atoms with E-state index in [9.17, 15) is 24.9 Å². The van der Waals surface area contributed by atoms with Crippen molar-refractivity contribution in [3.8, 4) is 0 Å². The second-order valence-corrected chi connectivity index (χ2v) is 14.3. The van der Waals surface area contributed by atoms with Crippen LogP contribution in [0.3, 0.4) is 0 Å². The van der Waals surface area contributed by atoms with E-state index in [1.165, 1.54) is 18.9 Å². The van der Waals surface area contributed by atoms with Crippen LogP contribution in [0.1, 0.15) is 102 Å². The number of carboxylic acid groups (broad SMARTS) is 1. The van der Waals surface area contributed by atoms with Crippen molar-refractivity contribution >= 4 is 6.09 Å². The molecule has 4 saturated carbocycles. The SMILES string of the molecule is C[C@]12CC[C@H](N(CCCN3CCCC3)C(=O)O)C[C@@]1(O)CC[C@@H]1[C@@H]2CC[C@]2(C)[C@@H](c3ccc(=O)oc3)CC[C@]12O. The van der Waals surface area contributed by atoms with Gasteiger partial charge in [0, 0.05) is 24.1 Å². The van der Waals surface area contributed by atoms with Crippen molar-refractivity contribution in [2.75, 3.05) is 26.2 Å². The molecule has 40 heavy (non-hydrogen) atoms. The first-order valence-corrected chi connectivity index (χ1v) is 15.8. The molecule has 5 aliphatic rings. The van der Waals surface area contributed by atoms with E-state index in [4.69, 9.17) is 4.42 Å². The summed E-state index contributed by atoms with van der Waals surface area (Å²) in [7, 11) is 0. The lowest BCUT2D eigenvalue weighted by Crippen LogP contribution is -2.68. The maximum Gasteiger partial charge on any atom is 0.407 e. The highest BCUT2D eigenvalue weighted by atomic mass is 16.4. The van der Waals surface area contributed by atoms with Crippen LogP contribution >= 0.6 is 0 Å². The van der Waals surface area contributed by atoms with Crippen LogP contribution in [0.5, 0.6) is 0 Å². The van der Waals surface area contributed by atoms with E-state index in [0.717, 1.165) is 76.6 Å². The van der Waals surface area contributed by atoms with Crippen molar-refractivity contribution in [1.82, 2.24) is 9.80 Å². The fraction of sp³-hybridized carbons (Fsp3) is 0.812. The molecule has 0 bridgehead atoms. The minimum Gasteiger partial charge on any atom is -0.465 e. The molecule has 0 spiro atoms. The molecule has 6 rings (SSSR count). The van der Waals surface area contributed by atoms with Crippen molar-refractivity contribution in [3.63, 3.8) is 0 Å². The Morgan fingerprint density at radius 2 is 1.73 bits per heavy atom. The number of fused-ring (bicyclic) bond motifs is 5. The van der Waals surface area contributed by atoms with Gasteiger partial charge in [0.1, 0.15) is 0 Å². The predicted molar refractivity (Wildman–Crippen MR) is 151 cm³/mol. The molecule has 8 atom stereocenters. The maximum atomic E-state index is 12.5. The normalized spacial score (nSPS) is 43.1. The molecule has 0 radical (unpaired) electrons. The van der Waals surface area contributed by atoms with Gasteiger partial charge in [-0.1, -0.05) is 13.8 Å². The van der Waals surface area contributed by atoms with Gasteiger partial charge < -0.3 is 29.5 Å². The predicted octanol–water partition coefficient (Wildman–Crippen LogP) is 4.83. The summed E-state index contributed by atoms with van der Waals surface area (Å²) in [6.07, 6.45) is 10.8. The molecule has 3 N–H and O–H groups in total. The van der Waals surface area contributed by atoms with Crippen LogP contribution in [-0.4, -0.2) is 74.6 Å². The molecular weight excluding hydrogens is 508 g/mol. The molecule has 222 valence electrons. The van der Waals surface area contributed by atoms with E-state index >= 15 is 0 Å². The monoisotopic (exact) mass is 556 g/mol. The minimum absolute atomic E-state index is 0.102. The van der Waals surface area contributed by atoms with Gasteiger partial charge in [0.2, 0.25) is 0 Å². The summed E-state index contributed by atoms with van der Waals surface area (Å²) in [6, 6.07) is 3.18. The van der Waals surface area contributed by atoms with Gasteiger partial charge in [-0.25, -0.2) is 9.59 Å². The van der Waals surface area contributed by atoms with Gasteiger partial charge in [-0.15, -0.1) is 0 Å². The summed E-state index contributed by atoms with van der Waals surface area (Å²) in [5, 5.41) is 34.9. The summed E-state index contributed by atoms with van der Waals surface area (Å²) < 4.78 is 5.21.